The Morgan fingerprint density at radius 2 is 1.57 bits per heavy atom. The Hall–Kier alpha value is -2.78. The van der Waals surface area contributed by atoms with Gasteiger partial charge in [0, 0.05) is 22.7 Å². The molecule has 2 heterocycles. The van der Waals surface area contributed by atoms with Crippen molar-refractivity contribution in [1.82, 2.24) is 15.0 Å². The Labute approximate surface area is 138 Å². The minimum atomic E-state index is 0.245. The van der Waals surface area contributed by atoms with Gasteiger partial charge in [-0.05, 0) is 35.9 Å². The van der Waals surface area contributed by atoms with Crippen molar-refractivity contribution < 1.29 is 0 Å². The largest absolute Gasteiger partial charge is 0.256 e. The summed E-state index contributed by atoms with van der Waals surface area (Å²) in [6.45, 7) is 0. The molecule has 0 aliphatic carbocycles. The van der Waals surface area contributed by atoms with Gasteiger partial charge in [-0.15, -0.1) is 0 Å². The Balaban J connectivity index is 1.94. The van der Waals surface area contributed by atoms with E-state index in [2.05, 4.69) is 15.0 Å². The van der Waals surface area contributed by atoms with Crippen LogP contribution in [0.2, 0.25) is 5.28 Å². The predicted octanol–water partition coefficient (Wildman–Crippen LogP) is 5.01. The summed E-state index contributed by atoms with van der Waals surface area (Å²) in [4.78, 5) is 13.2. The Kier molecular flexibility index (Phi) is 3.48. The van der Waals surface area contributed by atoms with Crippen LogP contribution in [0.15, 0.2) is 72.9 Å². The maximum absolute atomic E-state index is 6.13. The van der Waals surface area contributed by atoms with E-state index in [0.717, 1.165) is 33.4 Å². The van der Waals surface area contributed by atoms with Crippen LogP contribution in [-0.4, -0.2) is 15.0 Å². The maximum Gasteiger partial charge on any atom is 0.223 e. The number of hydrogen-bond donors (Lipinski definition) is 0. The molecule has 4 aromatic rings. The molecular weight excluding hydrogens is 306 g/mol. The minimum Gasteiger partial charge on any atom is -0.256 e. The van der Waals surface area contributed by atoms with Crippen LogP contribution in [0, 0.1) is 0 Å². The van der Waals surface area contributed by atoms with Crippen LogP contribution in [-0.2, 0) is 0 Å². The first-order chi connectivity index (χ1) is 11.3. The lowest BCUT2D eigenvalue weighted by atomic mass is 10.0. The van der Waals surface area contributed by atoms with E-state index in [9.17, 15) is 0 Å². The fourth-order valence-electron chi connectivity index (χ4n) is 2.61. The van der Waals surface area contributed by atoms with E-state index in [1.807, 2.05) is 66.7 Å². The fourth-order valence-corrected chi connectivity index (χ4v) is 2.79. The van der Waals surface area contributed by atoms with E-state index in [0.29, 0.717) is 0 Å². The molecule has 0 aliphatic heterocycles. The second-order valence-corrected chi connectivity index (χ2v) is 5.49. The third-order valence-corrected chi connectivity index (χ3v) is 3.85. The molecule has 2 aromatic carbocycles. The van der Waals surface area contributed by atoms with Crippen LogP contribution in [0.1, 0.15) is 0 Å². The van der Waals surface area contributed by atoms with Gasteiger partial charge >= 0.3 is 0 Å². The van der Waals surface area contributed by atoms with Gasteiger partial charge in [-0.3, -0.25) is 4.98 Å². The first kappa shape index (κ1) is 13.9. The van der Waals surface area contributed by atoms with Crippen molar-refractivity contribution in [2.24, 2.45) is 0 Å². The summed E-state index contributed by atoms with van der Waals surface area (Å²) < 4.78 is 0. The van der Waals surface area contributed by atoms with Gasteiger partial charge in [-0.25, -0.2) is 9.97 Å². The Bertz CT molecular complexity index is 970. The fraction of sp³-hybridized carbons (Fsp3) is 0. The van der Waals surface area contributed by atoms with Gasteiger partial charge in [-0.2, -0.15) is 0 Å². The summed E-state index contributed by atoms with van der Waals surface area (Å²) in [5.74, 6) is 0. The standard InChI is InChI=1S/C19H12ClN3/c20-19-22-17-12-14(16-8-4-5-11-21-16)9-10-15(17)18(23-19)13-6-2-1-3-7-13/h1-12H. The summed E-state index contributed by atoms with van der Waals surface area (Å²) in [7, 11) is 0. The molecule has 110 valence electrons. The number of hydrogen-bond acceptors (Lipinski definition) is 3. The van der Waals surface area contributed by atoms with Crippen LogP contribution in [0.4, 0.5) is 0 Å². The number of halogens is 1. The predicted molar refractivity (Wildman–Crippen MR) is 93.2 cm³/mol. The zero-order valence-electron chi connectivity index (χ0n) is 12.1. The maximum atomic E-state index is 6.13. The number of nitrogens with zero attached hydrogens (tertiary/aromatic N) is 3. The monoisotopic (exact) mass is 317 g/mol. The smallest absolute Gasteiger partial charge is 0.223 e. The van der Waals surface area contributed by atoms with Crippen LogP contribution >= 0.6 is 11.6 Å². The minimum absolute atomic E-state index is 0.245. The quantitative estimate of drug-likeness (QED) is 0.488. The van der Waals surface area contributed by atoms with Crippen LogP contribution in [0.25, 0.3) is 33.4 Å². The van der Waals surface area contributed by atoms with Crippen molar-refractivity contribution in [3.63, 3.8) is 0 Å². The molecule has 23 heavy (non-hydrogen) atoms. The first-order valence-corrected chi connectivity index (χ1v) is 7.63. The van der Waals surface area contributed by atoms with E-state index in [1.54, 1.807) is 6.20 Å². The summed E-state index contributed by atoms with van der Waals surface area (Å²) in [5.41, 5.74) is 4.59. The van der Waals surface area contributed by atoms with Crippen molar-refractivity contribution in [2.45, 2.75) is 0 Å². The molecule has 0 unspecified atom stereocenters. The molecule has 2 aromatic heterocycles. The SMILES string of the molecule is Clc1nc(-c2ccccc2)c2ccc(-c3ccccn3)cc2n1. The number of benzene rings is 2. The van der Waals surface area contributed by atoms with Crippen LogP contribution < -0.4 is 0 Å². The number of fused-ring (bicyclic) bond motifs is 1. The summed E-state index contributed by atoms with van der Waals surface area (Å²) in [6.07, 6.45) is 1.78. The number of pyridine rings is 1. The lowest BCUT2D eigenvalue weighted by Gasteiger charge is -2.08. The molecule has 4 heteroatoms. The van der Waals surface area contributed by atoms with Gasteiger partial charge in [0.2, 0.25) is 5.28 Å². The van der Waals surface area contributed by atoms with Crippen LogP contribution in [0.3, 0.4) is 0 Å². The molecule has 3 nitrogen and oxygen atoms in total. The first-order valence-electron chi connectivity index (χ1n) is 7.25. The topological polar surface area (TPSA) is 38.7 Å². The highest BCUT2D eigenvalue weighted by Crippen LogP contribution is 2.29. The van der Waals surface area contributed by atoms with Crippen molar-refractivity contribution in [3.05, 3.63) is 78.2 Å². The molecule has 0 N–H and O–H groups in total. The lowest BCUT2D eigenvalue weighted by molar-refractivity contribution is 1.22. The Morgan fingerprint density at radius 1 is 0.739 bits per heavy atom. The van der Waals surface area contributed by atoms with E-state index in [-0.39, 0.29) is 5.28 Å². The van der Waals surface area contributed by atoms with Crippen molar-refractivity contribution in [1.29, 1.82) is 0 Å². The highest BCUT2D eigenvalue weighted by atomic mass is 35.5. The van der Waals surface area contributed by atoms with E-state index < -0.39 is 0 Å². The van der Waals surface area contributed by atoms with Gasteiger partial charge in [-0.1, -0.05) is 42.5 Å². The van der Waals surface area contributed by atoms with Gasteiger partial charge in [0.15, 0.2) is 0 Å². The molecule has 0 aliphatic rings. The van der Waals surface area contributed by atoms with E-state index in [1.165, 1.54) is 0 Å². The summed E-state index contributed by atoms with van der Waals surface area (Å²) >= 11 is 6.13. The van der Waals surface area contributed by atoms with Gasteiger partial charge in [0.1, 0.15) is 0 Å². The third-order valence-electron chi connectivity index (χ3n) is 3.68. The number of rotatable bonds is 2. The molecule has 0 amide bonds. The van der Waals surface area contributed by atoms with Crippen molar-refractivity contribution >= 4 is 22.5 Å². The zero-order chi connectivity index (χ0) is 15.6. The van der Waals surface area contributed by atoms with Gasteiger partial charge in [0.25, 0.3) is 0 Å². The third kappa shape index (κ3) is 2.67. The Morgan fingerprint density at radius 3 is 2.35 bits per heavy atom. The molecule has 0 saturated carbocycles. The highest BCUT2D eigenvalue weighted by Gasteiger charge is 2.10. The lowest BCUT2D eigenvalue weighted by Crippen LogP contribution is -1.92. The molecule has 0 saturated heterocycles. The molecule has 0 radical (unpaired) electrons. The molecular formula is C19H12ClN3. The summed E-state index contributed by atoms with van der Waals surface area (Å²) in [6, 6.07) is 21.9. The molecule has 0 spiro atoms. The van der Waals surface area contributed by atoms with Crippen molar-refractivity contribution in [2.75, 3.05) is 0 Å². The number of aromatic nitrogens is 3. The van der Waals surface area contributed by atoms with E-state index >= 15 is 0 Å². The average molecular weight is 318 g/mol. The normalized spacial score (nSPS) is 10.8. The van der Waals surface area contributed by atoms with Crippen LogP contribution in [0.5, 0.6) is 0 Å². The molecule has 4 rings (SSSR count). The molecule has 0 atom stereocenters. The highest BCUT2D eigenvalue weighted by molar-refractivity contribution is 6.28. The second kappa shape index (κ2) is 5.78. The summed E-state index contributed by atoms with van der Waals surface area (Å²) in [5, 5.41) is 1.22. The van der Waals surface area contributed by atoms with E-state index in [4.69, 9.17) is 11.6 Å². The van der Waals surface area contributed by atoms with Gasteiger partial charge in [0.05, 0.1) is 16.9 Å². The van der Waals surface area contributed by atoms with Crippen molar-refractivity contribution in [3.8, 4) is 22.5 Å². The molecule has 0 fully saturated rings. The second-order valence-electron chi connectivity index (χ2n) is 5.15. The average Bonchev–Trinajstić information content (AvgIpc) is 2.62. The van der Waals surface area contributed by atoms with Gasteiger partial charge < -0.3 is 0 Å². The molecule has 0 bridgehead atoms. The zero-order valence-corrected chi connectivity index (χ0v) is 12.9.